The number of ether oxygens (including phenoxy) is 3. The van der Waals surface area contributed by atoms with Gasteiger partial charge in [-0.2, -0.15) is 0 Å². The molecule has 0 aliphatic carbocycles. The molecule has 1 rings (SSSR count). The van der Waals surface area contributed by atoms with Gasteiger partial charge in [-0.3, -0.25) is 0 Å². The second-order valence-electron chi connectivity index (χ2n) is 6.33. The van der Waals surface area contributed by atoms with E-state index in [9.17, 15) is 39.5 Å². The van der Waals surface area contributed by atoms with E-state index in [0.29, 0.717) is 6.07 Å². The topological polar surface area (TPSA) is 53.7 Å². The van der Waals surface area contributed by atoms with Crippen LogP contribution in [0.5, 0.6) is 17.2 Å². The minimum Gasteiger partial charge on any atom is -0.406 e. The van der Waals surface area contributed by atoms with Crippen LogP contribution < -0.4 is 19.9 Å². The number of alkyl halides is 9. The maximum absolute atomic E-state index is 12.7. The summed E-state index contributed by atoms with van der Waals surface area (Å²) in [6.45, 7) is 4.20. The summed E-state index contributed by atoms with van der Waals surface area (Å²) >= 11 is 0. The molecule has 1 atom stereocenters. The number of hydrogen-bond donors (Lipinski definition) is 1. The number of hydrogen-bond acceptors (Lipinski definition) is 4. The Bertz CT molecular complexity index is 660. The quantitative estimate of drug-likeness (QED) is 0.667. The van der Waals surface area contributed by atoms with Crippen LogP contribution in [0.25, 0.3) is 0 Å². The number of nitrogens with two attached hydrogens (primary N) is 1. The van der Waals surface area contributed by atoms with E-state index in [1.165, 1.54) is 20.8 Å². The highest BCUT2D eigenvalue weighted by Gasteiger charge is 2.41. The third kappa shape index (κ3) is 7.61. The Morgan fingerprint density at radius 1 is 0.741 bits per heavy atom. The molecule has 0 aromatic heterocycles. The molecular formula is C14H14F9NO3. The van der Waals surface area contributed by atoms with E-state index in [1.807, 2.05) is 0 Å². The maximum Gasteiger partial charge on any atom is 0.573 e. The summed E-state index contributed by atoms with van der Waals surface area (Å²) in [5.41, 5.74) is 3.84. The fourth-order valence-corrected chi connectivity index (χ4v) is 1.91. The zero-order valence-corrected chi connectivity index (χ0v) is 13.9. The molecule has 0 saturated heterocycles. The van der Waals surface area contributed by atoms with Gasteiger partial charge in [0.2, 0.25) is 0 Å². The maximum atomic E-state index is 12.7. The van der Waals surface area contributed by atoms with Crippen molar-refractivity contribution in [2.75, 3.05) is 0 Å². The summed E-state index contributed by atoms with van der Waals surface area (Å²) in [4.78, 5) is 0. The van der Waals surface area contributed by atoms with E-state index >= 15 is 0 Å². The number of halogens is 9. The molecule has 0 radical (unpaired) electrons. The third-order valence-electron chi connectivity index (χ3n) is 3.00. The fraction of sp³-hybridized carbons (Fsp3) is 0.571. The van der Waals surface area contributed by atoms with Crippen molar-refractivity contribution in [3.63, 3.8) is 0 Å². The highest BCUT2D eigenvalue weighted by molar-refractivity contribution is 5.53. The Morgan fingerprint density at radius 3 is 1.56 bits per heavy atom. The van der Waals surface area contributed by atoms with E-state index in [2.05, 4.69) is 14.2 Å². The van der Waals surface area contributed by atoms with Crippen LogP contribution in [0.3, 0.4) is 0 Å². The Hall–Kier alpha value is -2.05. The summed E-state index contributed by atoms with van der Waals surface area (Å²) in [7, 11) is 0. The first kappa shape index (κ1) is 23.0. The summed E-state index contributed by atoms with van der Waals surface area (Å²) in [5, 5.41) is 0. The van der Waals surface area contributed by atoms with E-state index in [4.69, 9.17) is 5.73 Å². The van der Waals surface area contributed by atoms with Crippen molar-refractivity contribution in [2.45, 2.75) is 45.9 Å². The Labute approximate surface area is 147 Å². The van der Waals surface area contributed by atoms with Gasteiger partial charge in [-0.1, -0.05) is 20.8 Å². The molecule has 0 bridgehead atoms. The van der Waals surface area contributed by atoms with Crippen LogP contribution in [0, 0.1) is 5.41 Å². The van der Waals surface area contributed by atoms with Crippen molar-refractivity contribution < 1.29 is 53.7 Å². The molecule has 4 nitrogen and oxygen atoms in total. The lowest BCUT2D eigenvalue weighted by atomic mass is 9.82. The largest absolute Gasteiger partial charge is 0.573 e. The van der Waals surface area contributed by atoms with Gasteiger partial charge in [0, 0.05) is 17.7 Å². The van der Waals surface area contributed by atoms with E-state index in [0.717, 1.165) is 0 Å². The van der Waals surface area contributed by atoms with Crippen molar-refractivity contribution in [1.82, 2.24) is 0 Å². The minimum absolute atomic E-state index is 0.0269. The smallest absolute Gasteiger partial charge is 0.406 e. The predicted octanol–water partition coefficient (Wildman–Crippen LogP) is 5.43. The first-order valence-electron chi connectivity index (χ1n) is 6.99. The van der Waals surface area contributed by atoms with Crippen LogP contribution in [0.15, 0.2) is 12.1 Å². The second kappa shape index (κ2) is 7.17. The molecule has 0 spiro atoms. The summed E-state index contributed by atoms with van der Waals surface area (Å²) in [6.07, 6.45) is -16.3. The Balaban J connectivity index is 3.70. The van der Waals surface area contributed by atoms with Crippen LogP contribution in [-0.2, 0) is 0 Å². The van der Waals surface area contributed by atoms with Gasteiger partial charge in [0.1, 0.15) is 5.75 Å². The predicted molar refractivity (Wildman–Crippen MR) is 72.9 cm³/mol. The lowest BCUT2D eigenvalue weighted by molar-refractivity contribution is -0.288. The van der Waals surface area contributed by atoms with E-state index in [-0.39, 0.29) is 6.07 Å². The average molecular weight is 415 g/mol. The SMILES string of the molecule is CC(C)(C)C(N)c1cc(OC(F)(F)F)cc(OC(F)(F)F)c1OC(F)(F)F. The molecule has 0 aliphatic rings. The molecule has 2 N–H and O–H groups in total. The third-order valence-corrected chi connectivity index (χ3v) is 3.00. The van der Waals surface area contributed by atoms with Crippen LogP contribution in [-0.4, -0.2) is 19.1 Å². The summed E-state index contributed by atoms with van der Waals surface area (Å²) in [5.74, 6) is -4.46. The fourth-order valence-electron chi connectivity index (χ4n) is 1.91. The van der Waals surface area contributed by atoms with Gasteiger partial charge in [-0.05, 0) is 11.5 Å². The first-order valence-corrected chi connectivity index (χ1v) is 6.99. The summed E-state index contributed by atoms with van der Waals surface area (Å²) in [6, 6.07) is -1.09. The molecule has 1 unspecified atom stereocenters. The van der Waals surface area contributed by atoms with Crippen molar-refractivity contribution in [3.8, 4) is 17.2 Å². The monoisotopic (exact) mass is 415 g/mol. The van der Waals surface area contributed by atoms with Gasteiger partial charge < -0.3 is 19.9 Å². The molecule has 1 aromatic rings. The number of benzene rings is 1. The van der Waals surface area contributed by atoms with Crippen LogP contribution >= 0.6 is 0 Å². The Morgan fingerprint density at radius 2 is 1.19 bits per heavy atom. The second-order valence-corrected chi connectivity index (χ2v) is 6.33. The molecule has 0 heterocycles. The van der Waals surface area contributed by atoms with Crippen LogP contribution in [0.1, 0.15) is 32.4 Å². The highest BCUT2D eigenvalue weighted by Crippen LogP contribution is 2.47. The van der Waals surface area contributed by atoms with Gasteiger partial charge >= 0.3 is 19.1 Å². The first-order chi connectivity index (χ1) is 11.8. The van der Waals surface area contributed by atoms with Crippen LogP contribution in [0.4, 0.5) is 39.5 Å². The average Bonchev–Trinajstić information content (AvgIpc) is 2.34. The van der Waals surface area contributed by atoms with Gasteiger partial charge in [0.25, 0.3) is 0 Å². The normalized spacial score (nSPS) is 14.7. The van der Waals surface area contributed by atoms with E-state index < -0.39 is 53.4 Å². The van der Waals surface area contributed by atoms with Crippen LogP contribution in [0.2, 0.25) is 0 Å². The zero-order valence-electron chi connectivity index (χ0n) is 13.9. The molecule has 0 amide bonds. The summed E-state index contributed by atoms with van der Waals surface area (Å²) < 4.78 is 123. The van der Waals surface area contributed by atoms with Gasteiger partial charge in [-0.25, -0.2) is 0 Å². The molecule has 0 aliphatic heterocycles. The van der Waals surface area contributed by atoms with Gasteiger partial charge in [-0.15, -0.1) is 39.5 Å². The van der Waals surface area contributed by atoms with Crippen molar-refractivity contribution >= 4 is 0 Å². The van der Waals surface area contributed by atoms with Crippen molar-refractivity contribution in [2.24, 2.45) is 11.1 Å². The molecule has 0 fully saturated rings. The molecule has 13 heteroatoms. The molecular weight excluding hydrogens is 401 g/mol. The molecule has 1 aromatic carbocycles. The van der Waals surface area contributed by atoms with Crippen molar-refractivity contribution in [1.29, 1.82) is 0 Å². The Kier molecular flexibility index (Phi) is 6.10. The number of rotatable bonds is 4. The van der Waals surface area contributed by atoms with Crippen molar-refractivity contribution in [3.05, 3.63) is 17.7 Å². The molecule has 156 valence electrons. The minimum atomic E-state index is -5.52. The molecule has 27 heavy (non-hydrogen) atoms. The zero-order chi connectivity index (χ0) is 21.4. The lowest BCUT2D eigenvalue weighted by Gasteiger charge is -2.30. The van der Waals surface area contributed by atoms with Gasteiger partial charge in [0.05, 0.1) is 0 Å². The standard InChI is InChI=1S/C14H14F9NO3/c1-11(2,3)10(24)7-4-6(25-12(15,16)17)5-8(26-13(18,19)20)9(7)27-14(21,22)23/h4-5,10H,24H2,1-3H3. The van der Waals surface area contributed by atoms with E-state index in [1.54, 1.807) is 0 Å². The van der Waals surface area contributed by atoms with Gasteiger partial charge in [0.15, 0.2) is 11.5 Å². The lowest BCUT2D eigenvalue weighted by Crippen LogP contribution is -2.29. The molecule has 0 saturated carbocycles. The highest BCUT2D eigenvalue weighted by atomic mass is 19.4.